The van der Waals surface area contributed by atoms with Gasteiger partial charge in [0.05, 0.1) is 11.2 Å². The molecule has 3 rings (SSSR count). The molecule has 7 heteroatoms. The van der Waals surface area contributed by atoms with E-state index in [4.69, 9.17) is 0 Å². The maximum Gasteiger partial charge on any atom is 0.252 e. The Labute approximate surface area is 147 Å². The first-order valence-corrected chi connectivity index (χ1v) is 8.42. The Hall–Kier alpha value is -2.54. The standard InChI is InChI=1S/C18H23N5O2/c1-13-4-5-15(9-19-13)17(24)20-10-18(25)6-3-7-23(11-18)16-8-14(2)21-12-22-16/h4-5,8-9,12,25H,3,6-7,10-11H2,1-2H3,(H,20,24)/t18-/m1/s1. The third kappa shape index (κ3) is 4.30. The molecule has 1 fully saturated rings. The summed E-state index contributed by atoms with van der Waals surface area (Å²) in [5, 5.41) is 13.7. The summed E-state index contributed by atoms with van der Waals surface area (Å²) >= 11 is 0. The van der Waals surface area contributed by atoms with Crippen molar-refractivity contribution in [3.05, 3.63) is 47.7 Å². The number of pyridine rings is 1. The SMILES string of the molecule is Cc1ccc(C(=O)NC[C@]2(O)CCCN(c3cc(C)ncn3)C2)cn1. The van der Waals surface area contributed by atoms with Crippen LogP contribution in [0.2, 0.25) is 0 Å². The van der Waals surface area contributed by atoms with Crippen LogP contribution in [0.25, 0.3) is 0 Å². The lowest BCUT2D eigenvalue weighted by Gasteiger charge is -2.39. The fraction of sp³-hybridized carbons (Fsp3) is 0.444. The lowest BCUT2D eigenvalue weighted by atomic mass is 9.92. The van der Waals surface area contributed by atoms with Crippen molar-refractivity contribution >= 4 is 11.7 Å². The van der Waals surface area contributed by atoms with Crippen molar-refractivity contribution in [2.75, 3.05) is 24.5 Å². The number of hydrogen-bond acceptors (Lipinski definition) is 6. The average molecular weight is 341 g/mol. The van der Waals surface area contributed by atoms with Crippen LogP contribution in [-0.2, 0) is 0 Å². The smallest absolute Gasteiger partial charge is 0.252 e. The van der Waals surface area contributed by atoms with Crippen molar-refractivity contribution in [2.45, 2.75) is 32.3 Å². The topological polar surface area (TPSA) is 91.2 Å². The molecule has 1 saturated heterocycles. The Morgan fingerprint density at radius 2 is 2.12 bits per heavy atom. The number of aryl methyl sites for hydroxylation is 2. The van der Waals surface area contributed by atoms with E-state index < -0.39 is 5.60 Å². The predicted octanol–water partition coefficient (Wildman–Crippen LogP) is 1.25. The first-order valence-electron chi connectivity index (χ1n) is 8.42. The first-order chi connectivity index (χ1) is 12.0. The molecule has 132 valence electrons. The van der Waals surface area contributed by atoms with Gasteiger partial charge in [-0.05, 0) is 38.8 Å². The number of rotatable bonds is 4. The van der Waals surface area contributed by atoms with Crippen LogP contribution in [0.1, 0.15) is 34.6 Å². The van der Waals surface area contributed by atoms with E-state index >= 15 is 0 Å². The Bertz CT molecular complexity index is 749. The molecular formula is C18H23N5O2. The highest BCUT2D eigenvalue weighted by Gasteiger charge is 2.34. The number of β-amino-alcohol motifs (C(OH)–C–C–N with tert-alkyl or cyclic N) is 1. The summed E-state index contributed by atoms with van der Waals surface area (Å²) in [4.78, 5) is 26.8. The third-order valence-corrected chi connectivity index (χ3v) is 4.42. The maximum absolute atomic E-state index is 12.2. The van der Waals surface area contributed by atoms with Gasteiger partial charge in [0, 0.05) is 43.3 Å². The van der Waals surface area contributed by atoms with E-state index in [-0.39, 0.29) is 12.5 Å². The minimum absolute atomic E-state index is 0.195. The molecule has 0 spiro atoms. The van der Waals surface area contributed by atoms with Gasteiger partial charge in [-0.3, -0.25) is 9.78 Å². The van der Waals surface area contributed by atoms with Crippen LogP contribution in [0.3, 0.4) is 0 Å². The second-order valence-corrected chi connectivity index (χ2v) is 6.64. The molecular weight excluding hydrogens is 318 g/mol. The molecule has 0 radical (unpaired) electrons. The van der Waals surface area contributed by atoms with Crippen LogP contribution in [0.4, 0.5) is 5.82 Å². The molecule has 25 heavy (non-hydrogen) atoms. The van der Waals surface area contributed by atoms with Crippen molar-refractivity contribution in [2.24, 2.45) is 0 Å². The Morgan fingerprint density at radius 3 is 2.84 bits per heavy atom. The average Bonchev–Trinajstić information content (AvgIpc) is 2.60. The number of hydrogen-bond donors (Lipinski definition) is 2. The normalized spacial score (nSPS) is 20.4. The maximum atomic E-state index is 12.2. The number of aliphatic hydroxyl groups is 1. The summed E-state index contributed by atoms with van der Waals surface area (Å²) in [6, 6.07) is 5.43. The van der Waals surface area contributed by atoms with Crippen LogP contribution >= 0.6 is 0 Å². The lowest BCUT2D eigenvalue weighted by molar-refractivity contribution is 0.0254. The van der Waals surface area contributed by atoms with E-state index in [1.165, 1.54) is 6.33 Å². The summed E-state index contributed by atoms with van der Waals surface area (Å²) in [6.45, 7) is 5.23. The number of aromatic nitrogens is 3. The van der Waals surface area contributed by atoms with Gasteiger partial charge in [-0.1, -0.05) is 0 Å². The molecule has 1 atom stereocenters. The zero-order chi connectivity index (χ0) is 17.9. The molecule has 1 amide bonds. The molecule has 7 nitrogen and oxygen atoms in total. The van der Waals surface area contributed by atoms with Crippen LogP contribution in [-0.4, -0.2) is 51.2 Å². The number of nitrogens with one attached hydrogen (secondary N) is 1. The minimum Gasteiger partial charge on any atom is -0.386 e. The molecule has 0 unspecified atom stereocenters. The van der Waals surface area contributed by atoms with Gasteiger partial charge in [-0.2, -0.15) is 0 Å². The number of carbonyl (C=O) groups excluding carboxylic acids is 1. The van der Waals surface area contributed by atoms with Gasteiger partial charge in [0.15, 0.2) is 0 Å². The summed E-state index contributed by atoms with van der Waals surface area (Å²) < 4.78 is 0. The molecule has 1 aliphatic rings. The summed E-state index contributed by atoms with van der Waals surface area (Å²) in [5.74, 6) is 0.579. The molecule has 2 aromatic rings. The third-order valence-electron chi connectivity index (χ3n) is 4.42. The Morgan fingerprint density at radius 1 is 1.28 bits per heavy atom. The zero-order valence-electron chi connectivity index (χ0n) is 14.6. The number of nitrogens with zero attached hydrogens (tertiary/aromatic N) is 4. The lowest BCUT2D eigenvalue weighted by Crippen LogP contribution is -2.54. The summed E-state index contributed by atoms with van der Waals surface area (Å²) in [7, 11) is 0. The molecule has 0 saturated carbocycles. The van der Waals surface area contributed by atoms with Crippen molar-refractivity contribution in [3.63, 3.8) is 0 Å². The number of amides is 1. The Kier molecular flexibility index (Phi) is 4.94. The number of carbonyl (C=O) groups is 1. The van der Waals surface area contributed by atoms with Crippen molar-refractivity contribution in [1.29, 1.82) is 0 Å². The van der Waals surface area contributed by atoms with Crippen LogP contribution < -0.4 is 10.2 Å². The Balaban J connectivity index is 1.63. The highest BCUT2D eigenvalue weighted by Crippen LogP contribution is 2.24. The van der Waals surface area contributed by atoms with E-state index in [1.807, 2.05) is 24.8 Å². The highest BCUT2D eigenvalue weighted by atomic mass is 16.3. The first kappa shape index (κ1) is 17.3. The molecule has 0 aliphatic carbocycles. The molecule has 1 aliphatic heterocycles. The summed E-state index contributed by atoms with van der Waals surface area (Å²) in [6.07, 6.45) is 4.55. The molecule has 2 aromatic heterocycles. The zero-order valence-corrected chi connectivity index (χ0v) is 14.6. The molecule has 0 bridgehead atoms. The van der Waals surface area contributed by atoms with Gasteiger partial charge in [-0.15, -0.1) is 0 Å². The second kappa shape index (κ2) is 7.14. The van der Waals surface area contributed by atoms with E-state index in [9.17, 15) is 9.90 Å². The van der Waals surface area contributed by atoms with Gasteiger partial charge in [-0.25, -0.2) is 9.97 Å². The van der Waals surface area contributed by atoms with Gasteiger partial charge in [0.25, 0.3) is 5.91 Å². The van der Waals surface area contributed by atoms with Gasteiger partial charge in [0.1, 0.15) is 12.1 Å². The molecule has 3 heterocycles. The van der Waals surface area contributed by atoms with E-state index in [0.29, 0.717) is 18.5 Å². The largest absolute Gasteiger partial charge is 0.386 e. The van der Waals surface area contributed by atoms with Crippen molar-refractivity contribution < 1.29 is 9.90 Å². The van der Waals surface area contributed by atoms with Crippen molar-refractivity contribution in [3.8, 4) is 0 Å². The number of anilines is 1. The van der Waals surface area contributed by atoms with Crippen molar-refractivity contribution in [1.82, 2.24) is 20.3 Å². The van der Waals surface area contributed by atoms with Gasteiger partial charge >= 0.3 is 0 Å². The van der Waals surface area contributed by atoms with E-state index in [0.717, 1.165) is 30.2 Å². The fourth-order valence-electron chi connectivity index (χ4n) is 3.01. The van der Waals surface area contributed by atoms with E-state index in [1.54, 1.807) is 18.3 Å². The van der Waals surface area contributed by atoms with Gasteiger partial charge < -0.3 is 15.3 Å². The molecule has 2 N–H and O–H groups in total. The summed E-state index contributed by atoms with van der Waals surface area (Å²) in [5.41, 5.74) is 1.26. The minimum atomic E-state index is -0.981. The van der Waals surface area contributed by atoms with Crippen LogP contribution in [0.5, 0.6) is 0 Å². The monoisotopic (exact) mass is 341 g/mol. The second-order valence-electron chi connectivity index (χ2n) is 6.64. The van der Waals surface area contributed by atoms with E-state index in [2.05, 4.69) is 20.3 Å². The highest BCUT2D eigenvalue weighted by molar-refractivity contribution is 5.93. The fourth-order valence-corrected chi connectivity index (χ4v) is 3.01. The number of piperidine rings is 1. The molecule has 0 aromatic carbocycles. The van der Waals surface area contributed by atoms with Crippen LogP contribution in [0, 0.1) is 13.8 Å². The van der Waals surface area contributed by atoms with Gasteiger partial charge in [0.2, 0.25) is 0 Å². The van der Waals surface area contributed by atoms with Crippen LogP contribution in [0.15, 0.2) is 30.7 Å². The predicted molar refractivity (Wildman–Crippen MR) is 94.5 cm³/mol. The quantitative estimate of drug-likeness (QED) is 0.870.